The zero-order chi connectivity index (χ0) is 14.0. The number of hydrogen-bond acceptors (Lipinski definition) is 4. The number of carbonyl (C=O) groups excluding carboxylic acids is 2. The van der Waals surface area contributed by atoms with Gasteiger partial charge >= 0.3 is 0 Å². The van der Waals surface area contributed by atoms with Crippen LogP contribution in [0.1, 0.15) is 12.5 Å². The zero-order valence-electron chi connectivity index (χ0n) is 9.84. The van der Waals surface area contributed by atoms with Gasteiger partial charge in [0.25, 0.3) is 5.91 Å². The maximum Gasteiger partial charge on any atom is 0.285 e. The van der Waals surface area contributed by atoms with Crippen LogP contribution in [-0.2, 0) is 9.59 Å². The minimum atomic E-state index is -0.333. The van der Waals surface area contributed by atoms with Crippen LogP contribution in [0.5, 0.6) is 0 Å². The first kappa shape index (κ1) is 14.2. The minimum Gasteiger partial charge on any atom is -0.274 e. The molecule has 2 rings (SSSR count). The van der Waals surface area contributed by atoms with Crippen LogP contribution in [0.3, 0.4) is 0 Å². The molecule has 0 radical (unpaired) electrons. The van der Waals surface area contributed by atoms with Crippen molar-refractivity contribution in [2.24, 2.45) is 0 Å². The van der Waals surface area contributed by atoms with Crippen LogP contribution in [0.2, 0.25) is 0 Å². The normalized spacial score (nSPS) is 17.2. The van der Waals surface area contributed by atoms with Crippen molar-refractivity contribution in [2.45, 2.75) is 6.92 Å². The first-order chi connectivity index (χ1) is 8.97. The largest absolute Gasteiger partial charge is 0.285 e. The molecule has 7 heteroatoms. The number of thiocarbonyl (C=S) groups is 1. The summed E-state index contributed by atoms with van der Waals surface area (Å²) in [4.78, 5) is 23.5. The Morgan fingerprint density at radius 3 is 2.89 bits per heavy atom. The Bertz CT molecular complexity index is 601. The van der Waals surface area contributed by atoms with Crippen LogP contribution in [-0.4, -0.2) is 21.1 Å². The summed E-state index contributed by atoms with van der Waals surface area (Å²) in [6, 6.07) is 7.56. The molecule has 0 aromatic heterocycles. The van der Waals surface area contributed by atoms with Gasteiger partial charge in [0, 0.05) is 11.4 Å². The predicted octanol–water partition coefficient (Wildman–Crippen LogP) is 2.70. The summed E-state index contributed by atoms with van der Waals surface area (Å²) in [5.74, 6) is -0.648. The number of thioether (sulfide) groups is 1. The number of hydrogen-bond donors (Lipinski definition) is 1. The number of benzene rings is 1. The van der Waals surface area contributed by atoms with Gasteiger partial charge in [-0.1, -0.05) is 39.8 Å². The van der Waals surface area contributed by atoms with Gasteiger partial charge < -0.3 is 0 Å². The van der Waals surface area contributed by atoms with Gasteiger partial charge in [0.15, 0.2) is 4.32 Å². The first-order valence-electron chi connectivity index (χ1n) is 5.28. The van der Waals surface area contributed by atoms with Crippen LogP contribution < -0.4 is 5.43 Å². The molecule has 1 heterocycles. The highest BCUT2D eigenvalue weighted by molar-refractivity contribution is 9.10. The Hall–Kier alpha value is -1.18. The topological polar surface area (TPSA) is 49.4 Å². The summed E-state index contributed by atoms with van der Waals surface area (Å²) in [5, 5.41) is 1.09. The number of carbonyl (C=O) groups is 2. The Balaban J connectivity index is 2.25. The summed E-state index contributed by atoms with van der Waals surface area (Å²) >= 11 is 9.59. The molecule has 1 aromatic carbocycles. The second-order valence-electron chi connectivity index (χ2n) is 3.74. The fourth-order valence-corrected chi connectivity index (χ4v) is 3.07. The summed E-state index contributed by atoms with van der Waals surface area (Å²) in [7, 11) is 0. The van der Waals surface area contributed by atoms with E-state index in [2.05, 4.69) is 21.4 Å². The van der Waals surface area contributed by atoms with E-state index in [0.29, 0.717) is 9.23 Å². The Kier molecular flexibility index (Phi) is 4.38. The molecule has 4 nitrogen and oxygen atoms in total. The Morgan fingerprint density at radius 2 is 2.26 bits per heavy atom. The van der Waals surface area contributed by atoms with Gasteiger partial charge in [0.2, 0.25) is 5.91 Å². The van der Waals surface area contributed by atoms with Gasteiger partial charge in [-0.15, -0.1) is 0 Å². The van der Waals surface area contributed by atoms with Crippen LogP contribution in [0.15, 0.2) is 33.6 Å². The summed E-state index contributed by atoms with van der Waals surface area (Å²) in [5.41, 5.74) is 3.29. The summed E-state index contributed by atoms with van der Waals surface area (Å²) in [6.45, 7) is 1.33. The number of hydrazine groups is 1. The lowest BCUT2D eigenvalue weighted by Gasteiger charge is -2.13. The number of nitrogens with zero attached hydrogens (tertiary/aromatic N) is 1. The molecule has 0 aliphatic carbocycles. The lowest BCUT2D eigenvalue weighted by Crippen LogP contribution is -2.43. The van der Waals surface area contributed by atoms with Crippen molar-refractivity contribution in [3.8, 4) is 0 Å². The van der Waals surface area contributed by atoms with E-state index in [1.165, 1.54) is 6.92 Å². The van der Waals surface area contributed by atoms with Crippen molar-refractivity contribution in [3.05, 3.63) is 39.2 Å². The molecule has 1 aliphatic heterocycles. The van der Waals surface area contributed by atoms with Crippen LogP contribution in [0.4, 0.5) is 0 Å². The summed E-state index contributed by atoms with van der Waals surface area (Å²) < 4.78 is 1.25. The zero-order valence-corrected chi connectivity index (χ0v) is 13.1. The monoisotopic (exact) mass is 356 g/mol. The van der Waals surface area contributed by atoms with Crippen LogP contribution >= 0.6 is 39.9 Å². The third-order valence-electron chi connectivity index (χ3n) is 2.21. The standard InChI is InChI=1S/C12H9BrN2O2S2/c1-7(16)14-15-11(17)10(19-12(15)18)6-8-3-2-4-9(13)5-8/h2-6H,1H3,(H,14,16). The Morgan fingerprint density at radius 1 is 1.53 bits per heavy atom. The fraction of sp³-hybridized carbons (Fsp3) is 0.0833. The smallest absolute Gasteiger partial charge is 0.274 e. The molecule has 0 atom stereocenters. The highest BCUT2D eigenvalue weighted by Gasteiger charge is 2.32. The average molecular weight is 357 g/mol. The SMILES string of the molecule is CC(=O)NN1C(=O)C(=Cc2cccc(Br)c2)SC1=S. The van der Waals surface area contributed by atoms with E-state index in [4.69, 9.17) is 12.2 Å². The van der Waals surface area contributed by atoms with Gasteiger partial charge in [-0.2, -0.15) is 5.01 Å². The maximum atomic E-state index is 12.1. The molecule has 0 spiro atoms. The van der Waals surface area contributed by atoms with Crippen molar-refractivity contribution in [2.75, 3.05) is 0 Å². The van der Waals surface area contributed by atoms with E-state index in [9.17, 15) is 9.59 Å². The van der Waals surface area contributed by atoms with Gasteiger partial charge in [0.05, 0.1) is 4.91 Å². The van der Waals surface area contributed by atoms with Gasteiger partial charge in [0.1, 0.15) is 0 Å². The lowest BCUT2D eigenvalue weighted by atomic mass is 10.2. The van der Waals surface area contributed by atoms with E-state index in [1.807, 2.05) is 24.3 Å². The van der Waals surface area contributed by atoms with E-state index >= 15 is 0 Å². The molecule has 1 N–H and O–H groups in total. The number of nitrogens with one attached hydrogen (secondary N) is 1. The number of halogens is 1. The molecule has 0 saturated carbocycles. The van der Waals surface area contributed by atoms with E-state index < -0.39 is 0 Å². The molecule has 1 aromatic rings. The molecule has 2 amide bonds. The molecule has 0 bridgehead atoms. The molecule has 1 aliphatic rings. The van der Waals surface area contributed by atoms with Gasteiger partial charge in [-0.25, -0.2) is 0 Å². The van der Waals surface area contributed by atoms with Crippen molar-refractivity contribution < 1.29 is 9.59 Å². The highest BCUT2D eigenvalue weighted by atomic mass is 79.9. The van der Waals surface area contributed by atoms with Crippen molar-refractivity contribution in [1.29, 1.82) is 0 Å². The maximum absolute atomic E-state index is 12.1. The van der Waals surface area contributed by atoms with E-state index in [0.717, 1.165) is 26.8 Å². The predicted molar refractivity (Wildman–Crippen MR) is 83.0 cm³/mol. The molecule has 98 valence electrons. The van der Waals surface area contributed by atoms with Crippen molar-refractivity contribution >= 4 is 62.1 Å². The molecule has 0 unspecified atom stereocenters. The molecule has 19 heavy (non-hydrogen) atoms. The summed E-state index contributed by atoms with van der Waals surface area (Å²) in [6.07, 6.45) is 1.74. The molecule has 1 saturated heterocycles. The number of rotatable bonds is 2. The number of amides is 2. The van der Waals surface area contributed by atoms with Crippen LogP contribution in [0.25, 0.3) is 6.08 Å². The average Bonchev–Trinajstić information content (AvgIpc) is 2.57. The quantitative estimate of drug-likeness (QED) is 0.653. The highest BCUT2D eigenvalue weighted by Crippen LogP contribution is 2.31. The third kappa shape index (κ3) is 3.43. The second-order valence-corrected chi connectivity index (χ2v) is 6.33. The lowest BCUT2D eigenvalue weighted by molar-refractivity contribution is -0.131. The minimum absolute atomic E-state index is 0.315. The van der Waals surface area contributed by atoms with E-state index in [-0.39, 0.29) is 11.8 Å². The van der Waals surface area contributed by atoms with E-state index in [1.54, 1.807) is 6.08 Å². The third-order valence-corrected chi connectivity index (χ3v) is 4.00. The second kappa shape index (κ2) is 5.85. The fourth-order valence-electron chi connectivity index (χ4n) is 1.47. The van der Waals surface area contributed by atoms with Crippen LogP contribution in [0, 0.1) is 0 Å². The molecular formula is C12H9BrN2O2S2. The molecule has 1 fully saturated rings. The van der Waals surface area contributed by atoms with Crippen molar-refractivity contribution in [1.82, 2.24) is 10.4 Å². The van der Waals surface area contributed by atoms with Gasteiger partial charge in [-0.05, 0) is 36.0 Å². The Labute approximate surface area is 128 Å². The molecular weight excluding hydrogens is 348 g/mol. The van der Waals surface area contributed by atoms with Gasteiger partial charge in [-0.3, -0.25) is 15.0 Å². The first-order valence-corrected chi connectivity index (χ1v) is 7.30. The van der Waals surface area contributed by atoms with Crippen molar-refractivity contribution in [3.63, 3.8) is 0 Å².